The number of anilines is 1. The predicted molar refractivity (Wildman–Crippen MR) is 114 cm³/mol. The van der Waals surface area contributed by atoms with Crippen molar-refractivity contribution >= 4 is 21.6 Å². The third-order valence-corrected chi connectivity index (χ3v) is 7.19. The van der Waals surface area contributed by atoms with Crippen LogP contribution in [0, 0.1) is 12.8 Å². The number of nitrogens with one attached hydrogen (secondary N) is 1. The Labute approximate surface area is 185 Å². The van der Waals surface area contributed by atoms with E-state index in [1.807, 2.05) is 6.92 Å². The average molecular weight is 471 g/mol. The van der Waals surface area contributed by atoms with E-state index in [1.54, 1.807) is 13.0 Å². The van der Waals surface area contributed by atoms with Gasteiger partial charge in [-0.1, -0.05) is 12.1 Å². The molecule has 32 heavy (non-hydrogen) atoms. The van der Waals surface area contributed by atoms with Crippen LogP contribution in [-0.4, -0.2) is 38.3 Å². The summed E-state index contributed by atoms with van der Waals surface area (Å²) in [6.45, 7) is 4.16. The molecule has 1 saturated heterocycles. The Bertz CT molecular complexity index is 1090. The molecule has 6 nitrogen and oxygen atoms in total. The molecule has 0 aliphatic carbocycles. The lowest BCUT2D eigenvalue weighted by Gasteiger charge is -2.31. The fourth-order valence-corrected chi connectivity index (χ4v) is 5.31. The van der Waals surface area contributed by atoms with E-state index in [9.17, 15) is 26.4 Å². The lowest BCUT2D eigenvalue weighted by molar-refractivity contribution is -0.137. The Kier molecular flexibility index (Phi) is 7.14. The van der Waals surface area contributed by atoms with Gasteiger partial charge in [0.15, 0.2) is 0 Å². The number of halogens is 3. The summed E-state index contributed by atoms with van der Waals surface area (Å²) in [4.78, 5) is 12.8. The summed E-state index contributed by atoms with van der Waals surface area (Å²) in [5, 5.41) is 2.33. The summed E-state index contributed by atoms with van der Waals surface area (Å²) in [6.07, 6.45) is -3.81. The number of piperidine rings is 1. The molecule has 0 radical (unpaired) electrons. The highest BCUT2D eigenvalue weighted by Gasteiger charge is 2.36. The number of hydrogen-bond donors (Lipinski definition) is 1. The number of hydrogen-bond acceptors (Lipinski definition) is 4. The van der Waals surface area contributed by atoms with E-state index in [0.717, 1.165) is 6.07 Å². The van der Waals surface area contributed by atoms with Gasteiger partial charge in [-0.3, -0.25) is 4.79 Å². The third kappa shape index (κ3) is 5.24. The van der Waals surface area contributed by atoms with Gasteiger partial charge in [-0.25, -0.2) is 8.42 Å². The van der Waals surface area contributed by atoms with Crippen molar-refractivity contribution in [3.05, 3.63) is 53.6 Å². The molecule has 1 aliphatic rings. The number of alkyl halides is 3. The molecule has 3 rings (SSSR count). The molecule has 0 saturated carbocycles. The molecule has 2 aromatic rings. The maximum absolute atomic E-state index is 13.2. The highest BCUT2D eigenvalue weighted by atomic mass is 32.2. The SMILES string of the molecule is CCOc1ccc(S(=O)(=O)N2CCC[C@H](C(=O)Nc3ccccc3C(F)(F)F)C2)cc1C. The smallest absolute Gasteiger partial charge is 0.418 e. The molecular weight excluding hydrogens is 445 g/mol. The Balaban J connectivity index is 1.77. The van der Waals surface area contributed by atoms with Gasteiger partial charge in [0.2, 0.25) is 15.9 Å². The van der Waals surface area contributed by atoms with Crippen LogP contribution >= 0.6 is 0 Å². The number of aryl methyl sites for hydroxylation is 1. The normalized spacial score (nSPS) is 17.7. The van der Waals surface area contributed by atoms with Crippen molar-refractivity contribution in [1.82, 2.24) is 4.31 Å². The van der Waals surface area contributed by atoms with E-state index < -0.39 is 33.6 Å². The zero-order chi connectivity index (χ0) is 23.5. The Morgan fingerprint density at radius 1 is 1.22 bits per heavy atom. The molecule has 0 aromatic heterocycles. The second kappa shape index (κ2) is 9.50. The van der Waals surface area contributed by atoms with Crippen LogP contribution in [0.1, 0.15) is 30.9 Å². The minimum atomic E-state index is -4.61. The molecular formula is C22H25F3N2O4S. The van der Waals surface area contributed by atoms with Crippen LogP contribution in [0.2, 0.25) is 0 Å². The minimum Gasteiger partial charge on any atom is -0.494 e. The van der Waals surface area contributed by atoms with Gasteiger partial charge in [0.1, 0.15) is 5.75 Å². The maximum atomic E-state index is 13.2. The van der Waals surface area contributed by atoms with E-state index in [1.165, 1.54) is 34.6 Å². The molecule has 174 valence electrons. The van der Waals surface area contributed by atoms with E-state index in [2.05, 4.69) is 5.32 Å². The number of benzene rings is 2. The van der Waals surface area contributed by atoms with Crippen molar-refractivity contribution in [2.45, 2.75) is 37.8 Å². The quantitative estimate of drug-likeness (QED) is 0.677. The fraction of sp³-hybridized carbons (Fsp3) is 0.409. The van der Waals surface area contributed by atoms with Crippen LogP contribution in [0.25, 0.3) is 0 Å². The minimum absolute atomic E-state index is 0.0851. The molecule has 10 heteroatoms. The van der Waals surface area contributed by atoms with Crippen LogP contribution in [-0.2, 0) is 21.0 Å². The van der Waals surface area contributed by atoms with Gasteiger partial charge in [-0.05, 0) is 62.6 Å². The predicted octanol–water partition coefficient (Wildman–Crippen LogP) is 4.45. The summed E-state index contributed by atoms with van der Waals surface area (Å²) < 4.78 is 72.5. The molecule has 1 heterocycles. The number of ether oxygens (including phenoxy) is 1. The van der Waals surface area contributed by atoms with Gasteiger partial charge >= 0.3 is 6.18 Å². The highest BCUT2D eigenvalue weighted by molar-refractivity contribution is 7.89. The van der Waals surface area contributed by atoms with Crippen molar-refractivity contribution in [2.24, 2.45) is 5.92 Å². The van der Waals surface area contributed by atoms with Crippen LogP contribution in [0.15, 0.2) is 47.4 Å². The van der Waals surface area contributed by atoms with Crippen molar-refractivity contribution in [3.8, 4) is 5.75 Å². The van der Waals surface area contributed by atoms with Gasteiger partial charge < -0.3 is 10.1 Å². The van der Waals surface area contributed by atoms with Crippen LogP contribution in [0.4, 0.5) is 18.9 Å². The van der Waals surface area contributed by atoms with Crippen molar-refractivity contribution in [3.63, 3.8) is 0 Å². The zero-order valence-corrected chi connectivity index (χ0v) is 18.6. The number of carbonyl (C=O) groups is 1. The first kappa shape index (κ1) is 24.1. The van der Waals surface area contributed by atoms with Crippen LogP contribution in [0.3, 0.4) is 0 Å². The van der Waals surface area contributed by atoms with Crippen LogP contribution in [0.5, 0.6) is 5.75 Å². The molecule has 1 fully saturated rings. The number of nitrogens with zero attached hydrogens (tertiary/aromatic N) is 1. The maximum Gasteiger partial charge on any atom is 0.418 e. The Hall–Kier alpha value is -2.59. The standard InChI is InChI=1S/C22H25F3N2O4S/c1-3-31-20-11-10-17(13-15(20)2)32(29,30)27-12-6-7-16(14-27)21(28)26-19-9-5-4-8-18(19)22(23,24)25/h4-5,8-11,13,16H,3,6-7,12,14H2,1-2H3,(H,26,28)/t16-/m0/s1. The van der Waals surface area contributed by atoms with Gasteiger partial charge in [0.05, 0.1) is 28.7 Å². The summed E-state index contributed by atoms with van der Waals surface area (Å²) >= 11 is 0. The molecule has 0 spiro atoms. The second-order valence-electron chi connectivity index (χ2n) is 7.60. The number of carbonyl (C=O) groups excluding carboxylic acids is 1. The zero-order valence-electron chi connectivity index (χ0n) is 17.8. The third-order valence-electron chi connectivity index (χ3n) is 5.33. The van der Waals surface area contributed by atoms with Crippen molar-refractivity contribution < 1.29 is 31.1 Å². The monoisotopic (exact) mass is 470 g/mol. The Morgan fingerprint density at radius 2 is 1.94 bits per heavy atom. The summed E-state index contributed by atoms with van der Waals surface area (Å²) in [6, 6.07) is 9.28. The molecule has 1 atom stereocenters. The van der Waals surface area contributed by atoms with Crippen molar-refractivity contribution in [1.29, 1.82) is 0 Å². The number of para-hydroxylation sites is 1. The van der Waals surface area contributed by atoms with Crippen molar-refractivity contribution in [2.75, 3.05) is 25.0 Å². The van der Waals surface area contributed by atoms with E-state index in [4.69, 9.17) is 4.74 Å². The lowest BCUT2D eigenvalue weighted by Crippen LogP contribution is -2.43. The second-order valence-corrected chi connectivity index (χ2v) is 9.53. The number of rotatable bonds is 6. The molecule has 1 N–H and O–H groups in total. The summed E-state index contributed by atoms with van der Waals surface area (Å²) in [5.74, 6) is -0.807. The first-order chi connectivity index (χ1) is 15.0. The van der Waals surface area contributed by atoms with E-state index >= 15 is 0 Å². The number of sulfonamides is 1. The van der Waals surface area contributed by atoms with Gasteiger partial charge in [-0.2, -0.15) is 17.5 Å². The highest BCUT2D eigenvalue weighted by Crippen LogP contribution is 2.35. The lowest BCUT2D eigenvalue weighted by atomic mass is 9.98. The molecule has 0 bridgehead atoms. The molecule has 2 aromatic carbocycles. The summed E-state index contributed by atoms with van der Waals surface area (Å²) in [5.41, 5.74) is -0.617. The van der Waals surface area contributed by atoms with Gasteiger partial charge in [0, 0.05) is 13.1 Å². The topological polar surface area (TPSA) is 75.7 Å². The van der Waals surface area contributed by atoms with Gasteiger partial charge in [0.25, 0.3) is 0 Å². The largest absolute Gasteiger partial charge is 0.494 e. The first-order valence-corrected chi connectivity index (χ1v) is 11.7. The molecule has 0 unspecified atom stereocenters. The van der Waals surface area contributed by atoms with Crippen LogP contribution < -0.4 is 10.1 Å². The fourth-order valence-electron chi connectivity index (χ4n) is 3.70. The first-order valence-electron chi connectivity index (χ1n) is 10.2. The van der Waals surface area contributed by atoms with E-state index in [0.29, 0.717) is 30.8 Å². The average Bonchev–Trinajstić information content (AvgIpc) is 2.75. The number of amides is 1. The summed E-state index contributed by atoms with van der Waals surface area (Å²) in [7, 11) is -3.87. The molecule has 1 amide bonds. The van der Waals surface area contributed by atoms with Gasteiger partial charge in [-0.15, -0.1) is 0 Å². The van der Waals surface area contributed by atoms with E-state index in [-0.39, 0.29) is 23.7 Å². The Morgan fingerprint density at radius 3 is 2.59 bits per heavy atom. The molecule has 1 aliphatic heterocycles.